The van der Waals surface area contributed by atoms with Crippen molar-refractivity contribution in [2.45, 2.75) is 0 Å². The molecule has 0 unspecified atom stereocenters. The zero-order valence-electron chi connectivity index (χ0n) is 12.1. The third kappa shape index (κ3) is 2.41. The summed E-state index contributed by atoms with van der Waals surface area (Å²) in [5, 5.41) is 19.6. The van der Waals surface area contributed by atoms with Crippen LogP contribution >= 0.6 is 22.9 Å². The molecule has 10 heteroatoms. The summed E-state index contributed by atoms with van der Waals surface area (Å²) >= 11 is 2.69. The first-order chi connectivity index (χ1) is 11.3. The van der Waals surface area contributed by atoms with E-state index >= 15 is 0 Å². The van der Waals surface area contributed by atoms with Crippen LogP contribution in [-0.4, -0.2) is 43.6 Å². The van der Waals surface area contributed by atoms with Crippen LogP contribution in [0.1, 0.15) is 0 Å². The van der Waals surface area contributed by atoms with Crippen molar-refractivity contribution in [3.05, 3.63) is 23.6 Å². The molecule has 0 saturated heterocycles. The molecule has 8 nitrogen and oxygen atoms in total. The fraction of sp³-hybridized carbons (Fsp3) is 0.154. The molecule has 0 fully saturated rings. The molecule has 0 amide bonds. The topological polar surface area (TPSA) is 87.3 Å². The minimum Gasteiger partial charge on any atom is -0.497 e. The maximum absolute atomic E-state index is 5.30. The number of nitrogens with zero attached hydrogens (tertiary/aromatic N) is 6. The first kappa shape index (κ1) is 14.0. The Hall–Kier alpha value is -2.59. The van der Waals surface area contributed by atoms with Crippen LogP contribution in [0.3, 0.4) is 0 Å². The van der Waals surface area contributed by atoms with Crippen molar-refractivity contribution in [2.75, 3.05) is 14.2 Å². The van der Waals surface area contributed by atoms with E-state index in [2.05, 4.69) is 24.9 Å². The Balaban J connectivity index is 1.86. The van der Waals surface area contributed by atoms with Gasteiger partial charge in [-0.2, -0.15) is 9.61 Å². The van der Waals surface area contributed by atoms with Gasteiger partial charge in [0.2, 0.25) is 4.96 Å². The Bertz CT molecular complexity index is 940. The summed E-state index contributed by atoms with van der Waals surface area (Å²) in [6.07, 6.45) is 0. The molecule has 0 atom stereocenters. The molecule has 3 heterocycles. The summed E-state index contributed by atoms with van der Waals surface area (Å²) in [6, 6.07) is 5.53. The van der Waals surface area contributed by atoms with Gasteiger partial charge >= 0.3 is 0 Å². The van der Waals surface area contributed by atoms with Gasteiger partial charge in [0.05, 0.1) is 14.2 Å². The van der Waals surface area contributed by atoms with E-state index in [9.17, 15) is 0 Å². The molecule has 0 N–H and O–H groups in total. The van der Waals surface area contributed by atoms with Crippen molar-refractivity contribution in [3.63, 3.8) is 0 Å². The van der Waals surface area contributed by atoms with E-state index in [-0.39, 0.29) is 0 Å². The molecule has 0 spiro atoms. The lowest BCUT2D eigenvalue weighted by molar-refractivity contribution is 0.394. The monoisotopic (exact) mass is 346 g/mol. The number of fused-ring (bicyclic) bond motifs is 1. The highest BCUT2D eigenvalue weighted by Gasteiger charge is 2.17. The van der Waals surface area contributed by atoms with Crippen molar-refractivity contribution >= 4 is 27.8 Å². The molecule has 4 aromatic rings. The largest absolute Gasteiger partial charge is 0.497 e. The van der Waals surface area contributed by atoms with Gasteiger partial charge in [0, 0.05) is 17.0 Å². The second-order valence-corrected chi connectivity index (χ2v) is 6.08. The number of hydrogen-bond acceptors (Lipinski definition) is 9. The molecular formula is C13H10N6O2S2. The van der Waals surface area contributed by atoms with Crippen molar-refractivity contribution in [1.82, 2.24) is 29.4 Å². The third-order valence-electron chi connectivity index (χ3n) is 3.18. The van der Waals surface area contributed by atoms with E-state index in [0.717, 1.165) is 16.3 Å². The van der Waals surface area contributed by atoms with E-state index in [4.69, 9.17) is 9.47 Å². The molecule has 0 aliphatic rings. The molecule has 0 radical (unpaired) electrons. The quantitative estimate of drug-likeness (QED) is 0.560. The zero-order chi connectivity index (χ0) is 15.8. The normalized spacial score (nSPS) is 11.0. The Kier molecular flexibility index (Phi) is 3.39. The van der Waals surface area contributed by atoms with Gasteiger partial charge in [0.1, 0.15) is 17.2 Å². The third-order valence-corrected chi connectivity index (χ3v) is 4.61. The molecular weight excluding hydrogens is 336 g/mol. The van der Waals surface area contributed by atoms with Crippen LogP contribution in [0.25, 0.3) is 27.1 Å². The Labute approximate surface area is 138 Å². The predicted molar refractivity (Wildman–Crippen MR) is 86.1 cm³/mol. The van der Waals surface area contributed by atoms with Crippen LogP contribution in [0, 0.1) is 0 Å². The number of benzene rings is 1. The van der Waals surface area contributed by atoms with Crippen LogP contribution in [0.15, 0.2) is 23.6 Å². The molecule has 0 aliphatic heterocycles. The van der Waals surface area contributed by atoms with Gasteiger partial charge in [-0.15, -0.1) is 15.3 Å². The molecule has 0 aliphatic carbocycles. The molecule has 1 aromatic carbocycles. The van der Waals surface area contributed by atoms with E-state index in [1.807, 2.05) is 17.5 Å². The lowest BCUT2D eigenvalue weighted by atomic mass is 10.2. The molecule has 23 heavy (non-hydrogen) atoms. The number of rotatable bonds is 4. The van der Waals surface area contributed by atoms with Crippen LogP contribution in [0.4, 0.5) is 0 Å². The SMILES string of the molecule is COc1cc(OC)cc(-c2nnc3sc(-c4csnn4)nn23)c1. The van der Waals surface area contributed by atoms with Crippen molar-refractivity contribution in [2.24, 2.45) is 0 Å². The first-order valence-electron chi connectivity index (χ1n) is 6.51. The highest BCUT2D eigenvalue weighted by Crippen LogP contribution is 2.31. The summed E-state index contributed by atoms with van der Waals surface area (Å²) in [7, 11) is 3.21. The summed E-state index contributed by atoms with van der Waals surface area (Å²) in [5.74, 6) is 1.97. The highest BCUT2D eigenvalue weighted by molar-refractivity contribution is 7.20. The Morgan fingerprint density at radius 2 is 1.78 bits per heavy atom. The summed E-state index contributed by atoms with van der Waals surface area (Å²) in [5.41, 5.74) is 1.54. The Morgan fingerprint density at radius 1 is 1.00 bits per heavy atom. The lowest BCUT2D eigenvalue weighted by Crippen LogP contribution is -1.94. The zero-order valence-corrected chi connectivity index (χ0v) is 13.8. The minimum atomic E-state index is 0.614. The van der Waals surface area contributed by atoms with Crippen molar-refractivity contribution < 1.29 is 9.47 Å². The second-order valence-electron chi connectivity index (χ2n) is 4.52. The number of ether oxygens (including phenoxy) is 2. The number of methoxy groups -OCH3 is 2. The fourth-order valence-electron chi connectivity index (χ4n) is 2.09. The Morgan fingerprint density at radius 3 is 2.43 bits per heavy atom. The van der Waals surface area contributed by atoms with Crippen LogP contribution in [-0.2, 0) is 0 Å². The maximum atomic E-state index is 5.30. The number of hydrogen-bond donors (Lipinski definition) is 0. The second kappa shape index (κ2) is 5.56. The van der Waals surface area contributed by atoms with Crippen molar-refractivity contribution in [1.29, 1.82) is 0 Å². The van der Waals surface area contributed by atoms with Gasteiger partial charge in [0.25, 0.3) is 0 Å². The highest BCUT2D eigenvalue weighted by atomic mass is 32.1. The van der Waals surface area contributed by atoms with Gasteiger partial charge in [-0.1, -0.05) is 15.8 Å². The van der Waals surface area contributed by atoms with Crippen LogP contribution in [0.5, 0.6) is 11.5 Å². The van der Waals surface area contributed by atoms with Crippen LogP contribution < -0.4 is 9.47 Å². The van der Waals surface area contributed by atoms with E-state index in [1.165, 1.54) is 22.9 Å². The average molecular weight is 346 g/mol. The van der Waals surface area contributed by atoms with Crippen LogP contribution in [0.2, 0.25) is 0 Å². The van der Waals surface area contributed by atoms with Gasteiger partial charge in [-0.05, 0) is 23.7 Å². The molecule has 0 bridgehead atoms. The van der Waals surface area contributed by atoms with Gasteiger partial charge in [-0.25, -0.2) is 0 Å². The first-order valence-corrected chi connectivity index (χ1v) is 8.17. The molecule has 3 aromatic heterocycles. The molecule has 4 rings (SSSR count). The fourth-order valence-corrected chi connectivity index (χ4v) is 3.41. The van der Waals surface area contributed by atoms with Gasteiger partial charge in [0.15, 0.2) is 10.8 Å². The summed E-state index contributed by atoms with van der Waals surface area (Å²) in [4.78, 5) is 0.685. The van der Waals surface area contributed by atoms with Gasteiger partial charge in [-0.3, -0.25) is 0 Å². The number of aromatic nitrogens is 6. The smallest absolute Gasteiger partial charge is 0.235 e. The minimum absolute atomic E-state index is 0.614. The predicted octanol–water partition coefficient (Wildman–Crippen LogP) is 2.39. The summed E-state index contributed by atoms with van der Waals surface area (Å²) in [6.45, 7) is 0. The van der Waals surface area contributed by atoms with E-state index < -0.39 is 0 Å². The standard InChI is InChI=1S/C13H10N6O2S2/c1-20-8-3-7(4-9(5-8)21-2)11-15-16-13-19(11)17-12(23-13)10-6-22-18-14-10/h3-6H,1-2H3. The summed E-state index contributed by atoms with van der Waals surface area (Å²) < 4.78 is 16.1. The van der Waals surface area contributed by atoms with E-state index in [1.54, 1.807) is 24.8 Å². The molecule has 0 saturated carbocycles. The van der Waals surface area contributed by atoms with Crippen molar-refractivity contribution in [3.8, 4) is 33.6 Å². The average Bonchev–Trinajstić information content (AvgIpc) is 3.29. The lowest BCUT2D eigenvalue weighted by Gasteiger charge is -2.06. The van der Waals surface area contributed by atoms with E-state index in [0.29, 0.717) is 22.3 Å². The molecule has 116 valence electrons. The maximum Gasteiger partial charge on any atom is 0.235 e. The van der Waals surface area contributed by atoms with Gasteiger partial charge < -0.3 is 9.47 Å².